The normalized spacial score (nSPS) is 20.8. The molecule has 0 saturated carbocycles. The van der Waals surface area contributed by atoms with E-state index >= 15 is 0 Å². The van der Waals surface area contributed by atoms with Gasteiger partial charge < -0.3 is 9.47 Å². The molecule has 4 aromatic rings. The van der Waals surface area contributed by atoms with E-state index in [-0.39, 0.29) is 11.9 Å². The van der Waals surface area contributed by atoms with Gasteiger partial charge in [0.25, 0.3) is 5.91 Å². The fourth-order valence-electron chi connectivity index (χ4n) is 7.79. The van der Waals surface area contributed by atoms with E-state index in [4.69, 9.17) is 4.98 Å². The highest BCUT2D eigenvalue weighted by atomic mass is 16.2. The zero-order valence-corrected chi connectivity index (χ0v) is 25.5. The van der Waals surface area contributed by atoms with E-state index in [1.54, 1.807) is 5.57 Å². The van der Waals surface area contributed by atoms with Gasteiger partial charge >= 0.3 is 0 Å². The van der Waals surface area contributed by atoms with Crippen LogP contribution < -0.4 is 0 Å². The Bertz CT molecular complexity index is 1620. The van der Waals surface area contributed by atoms with Crippen LogP contribution in [0.2, 0.25) is 0 Å². The van der Waals surface area contributed by atoms with Crippen LogP contribution in [0.5, 0.6) is 0 Å². The maximum absolute atomic E-state index is 13.9. The van der Waals surface area contributed by atoms with Crippen molar-refractivity contribution in [3.8, 4) is 0 Å². The van der Waals surface area contributed by atoms with Crippen molar-refractivity contribution in [2.75, 3.05) is 19.6 Å². The third kappa shape index (κ3) is 5.71. The van der Waals surface area contributed by atoms with Crippen LogP contribution in [0.1, 0.15) is 69.7 Å². The summed E-state index contributed by atoms with van der Waals surface area (Å²) in [7, 11) is 0. The molecule has 0 N–H and O–H groups in total. The van der Waals surface area contributed by atoms with Gasteiger partial charge in [-0.1, -0.05) is 77.4 Å². The van der Waals surface area contributed by atoms with Crippen LogP contribution in [0, 0.1) is 13.8 Å². The lowest BCUT2D eigenvalue weighted by Gasteiger charge is -2.45. The molecule has 5 nitrogen and oxygen atoms in total. The van der Waals surface area contributed by atoms with Crippen LogP contribution in [0.25, 0.3) is 5.57 Å². The lowest BCUT2D eigenvalue weighted by Crippen LogP contribution is -2.53. The summed E-state index contributed by atoms with van der Waals surface area (Å²) in [4.78, 5) is 23.7. The second-order valence-corrected chi connectivity index (χ2v) is 12.8. The predicted molar refractivity (Wildman–Crippen MR) is 173 cm³/mol. The molecule has 3 aliphatic heterocycles. The number of aromatic nitrogens is 2. The largest absolute Gasteiger partial charge is 0.335 e. The minimum atomic E-state index is 0.180. The number of rotatable bonds is 4. The van der Waals surface area contributed by atoms with Crippen LogP contribution in [0.15, 0.2) is 90.8 Å². The molecule has 5 heteroatoms. The topological polar surface area (TPSA) is 41.4 Å². The number of amides is 1. The Labute approximate surface area is 255 Å². The summed E-state index contributed by atoms with van der Waals surface area (Å²) in [6, 6.07) is 26.6. The lowest BCUT2D eigenvalue weighted by molar-refractivity contribution is 0.0419. The molecule has 3 aliphatic rings. The number of fused-ring (bicyclic) bond motifs is 2. The first-order chi connectivity index (χ1) is 21.0. The van der Waals surface area contributed by atoms with Gasteiger partial charge in [-0.25, -0.2) is 4.98 Å². The van der Waals surface area contributed by atoms with E-state index in [0.717, 1.165) is 87.2 Å². The third-order valence-corrected chi connectivity index (χ3v) is 9.85. The summed E-state index contributed by atoms with van der Waals surface area (Å²) in [6.07, 6.45) is 10.2. The minimum Gasteiger partial charge on any atom is -0.335 e. The highest BCUT2D eigenvalue weighted by Gasteiger charge is 2.36. The number of piperidine rings is 2. The highest BCUT2D eigenvalue weighted by Crippen LogP contribution is 2.37. The van der Waals surface area contributed by atoms with Crippen LogP contribution in [0.3, 0.4) is 0 Å². The summed E-state index contributed by atoms with van der Waals surface area (Å²) in [5.74, 6) is 1.31. The number of aryl methyl sites for hydroxylation is 4. The number of imidazole rings is 1. The molecule has 2 atom stereocenters. The number of hydrogen-bond acceptors (Lipinski definition) is 3. The maximum Gasteiger partial charge on any atom is 0.254 e. The molecule has 1 amide bonds. The monoisotopic (exact) mass is 570 g/mol. The van der Waals surface area contributed by atoms with Crippen molar-refractivity contribution < 1.29 is 4.79 Å². The van der Waals surface area contributed by atoms with Gasteiger partial charge in [0.15, 0.2) is 0 Å². The number of carbonyl (C=O) groups excluding carboxylic acids is 1. The standard InChI is InChI=1S/C38H42N4O/c1-27-22-28(2)24-32(23-27)38(43)42-20-15-33(26-34(42)25-29-8-4-3-5-9-29)40-17-13-31(14-18-40)36-35-11-7-6-10-30(35)12-19-41-21-16-39-37(36)41/h3-11,16,21-24,33-34H,12-15,17-20,25-26H2,1-2H3/t33-,34-/m0/s1. The molecule has 4 heterocycles. The van der Waals surface area contributed by atoms with Crippen molar-refractivity contribution in [1.82, 2.24) is 19.4 Å². The molecule has 0 radical (unpaired) electrons. The Hall–Kier alpha value is -3.96. The SMILES string of the molecule is Cc1cc(C)cc(C(=O)N2CC[C@H](N3CCC(=C4c5ccccc5CCn5ccnc54)CC3)C[C@@H]2Cc2ccccc2)c1. The van der Waals surface area contributed by atoms with Gasteiger partial charge in [0, 0.05) is 61.8 Å². The van der Waals surface area contributed by atoms with Gasteiger partial charge in [-0.3, -0.25) is 9.69 Å². The fraction of sp³-hybridized carbons (Fsp3) is 0.368. The summed E-state index contributed by atoms with van der Waals surface area (Å²) >= 11 is 0. The zero-order chi connectivity index (χ0) is 29.3. The van der Waals surface area contributed by atoms with E-state index in [2.05, 4.69) is 107 Å². The fourth-order valence-corrected chi connectivity index (χ4v) is 7.79. The first-order valence-corrected chi connectivity index (χ1v) is 16.0. The van der Waals surface area contributed by atoms with Gasteiger partial charge in [-0.05, 0) is 81.2 Å². The molecule has 0 unspecified atom stereocenters. The minimum absolute atomic E-state index is 0.180. The summed E-state index contributed by atoms with van der Waals surface area (Å²) in [6.45, 7) is 8.09. The molecular weight excluding hydrogens is 528 g/mol. The van der Waals surface area contributed by atoms with Crippen molar-refractivity contribution in [2.24, 2.45) is 0 Å². The maximum atomic E-state index is 13.9. The van der Waals surface area contributed by atoms with E-state index in [1.807, 2.05) is 6.20 Å². The first kappa shape index (κ1) is 27.8. The van der Waals surface area contributed by atoms with Crippen molar-refractivity contribution in [1.29, 1.82) is 0 Å². The number of nitrogens with zero attached hydrogens (tertiary/aromatic N) is 4. The predicted octanol–water partition coefficient (Wildman–Crippen LogP) is 6.87. The number of likely N-dealkylation sites (tertiary alicyclic amines) is 2. The first-order valence-electron chi connectivity index (χ1n) is 16.0. The van der Waals surface area contributed by atoms with Crippen LogP contribution in [-0.2, 0) is 19.4 Å². The molecule has 2 fully saturated rings. The second-order valence-electron chi connectivity index (χ2n) is 12.8. The molecular formula is C38H42N4O. The van der Waals surface area contributed by atoms with E-state index < -0.39 is 0 Å². The lowest BCUT2D eigenvalue weighted by atomic mass is 9.87. The Morgan fingerprint density at radius 3 is 2.40 bits per heavy atom. The van der Waals surface area contributed by atoms with E-state index in [9.17, 15) is 4.79 Å². The van der Waals surface area contributed by atoms with E-state index in [1.165, 1.54) is 22.3 Å². The molecule has 0 aliphatic carbocycles. The number of carbonyl (C=O) groups is 1. The Balaban J connectivity index is 1.12. The number of hydrogen-bond donors (Lipinski definition) is 0. The van der Waals surface area contributed by atoms with Crippen molar-refractivity contribution in [3.63, 3.8) is 0 Å². The third-order valence-electron chi connectivity index (χ3n) is 9.85. The average molecular weight is 571 g/mol. The van der Waals surface area contributed by atoms with E-state index in [0.29, 0.717) is 6.04 Å². The Morgan fingerprint density at radius 2 is 1.60 bits per heavy atom. The van der Waals surface area contributed by atoms with Gasteiger partial charge in [0.1, 0.15) is 5.82 Å². The van der Waals surface area contributed by atoms with Gasteiger partial charge in [-0.2, -0.15) is 0 Å². The Kier molecular flexibility index (Phi) is 7.75. The quantitative estimate of drug-likeness (QED) is 0.269. The molecule has 43 heavy (non-hydrogen) atoms. The van der Waals surface area contributed by atoms with Crippen molar-refractivity contribution in [2.45, 2.75) is 71.0 Å². The summed E-state index contributed by atoms with van der Waals surface area (Å²) in [5.41, 5.74) is 10.1. The summed E-state index contributed by atoms with van der Waals surface area (Å²) < 4.78 is 2.34. The molecule has 0 spiro atoms. The van der Waals surface area contributed by atoms with Crippen molar-refractivity contribution >= 4 is 11.5 Å². The van der Waals surface area contributed by atoms with Crippen molar-refractivity contribution in [3.05, 3.63) is 130 Å². The summed E-state index contributed by atoms with van der Waals surface area (Å²) in [5, 5.41) is 0. The molecule has 3 aromatic carbocycles. The smallest absolute Gasteiger partial charge is 0.254 e. The Morgan fingerprint density at radius 1 is 0.860 bits per heavy atom. The second kappa shape index (κ2) is 12.0. The number of benzene rings is 3. The molecule has 7 rings (SSSR count). The molecule has 1 aromatic heterocycles. The van der Waals surface area contributed by atoms with Crippen LogP contribution >= 0.6 is 0 Å². The van der Waals surface area contributed by atoms with Gasteiger partial charge in [-0.15, -0.1) is 0 Å². The molecule has 0 bridgehead atoms. The molecule has 220 valence electrons. The zero-order valence-electron chi connectivity index (χ0n) is 25.5. The highest BCUT2D eigenvalue weighted by molar-refractivity contribution is 5.95. The average Bonchev–Trinajstić information content (AvgIpc) is 3.42. The van der Waals surface area contributed by atoms with Gasteiger partial charge in [0.05, 0.1) is 0 Å². The van der Waals surface area contributed by atoms with Gasteiger partial charge in [0.2, 0.25) is 0 Å². The molecule has 2 saturated heterocycles. The van der Waals surface area contributed by atoms with Crippen LogP contribution in [-0.4, -0.2) is 57.0 Å². The van der Waals surface area contributed by atoms with Crippen LogP contribution in [0.4, 0.5) is 0 Å².